The molecule has 0 aliphatic rings. The van der Waals surface area contributed by atoms with Crippen LogP contribution in [0.2, 0.25) is 0 Å². The summed E-state index contributed by atoms with van der Waals surface area (Å²) in [6.07, 6.45) is 2.24. The van der Waals surface area contributed by atoms with Crippen molar-refractivity contribution in [2.24, 2.45) is 0 Å². The molecule has 0 fully saturated rings. The Morgan fingerprint density at radius 2 is 1.39 bits per heavy atom. The van der Waals surface area contributed by atoms with E-state index in [1.807, 2.05) is 0 Å². The van der Waals surface area contributed by atoms with E-state index < -0.39 is 6.16 Å². The van der Waals surface area contributed by atoms with Crippen LogP contribution < -0.4 is 9.47 Å². The van der Waals surface area contributed by atoms with Crippen molar-refractivity contribution >= 4 is 6.16 Å². The lowest BCUT2D eigenvalue weighted by Crippen LogP contribution is -2.16. The Labute approximate surface area is 104 Å². The van der Waals surface area contributed by atoms with Crippen molar-refractivity contribution in [3.05, 3.63) is 47.8 Å². The average molecular weight is 244 g/mol. The number of pyridine rings is 2. The van der Waals surface area contributed by atoms with Gasteiger partial charge in [0.2, 0.25) is 11.8 Å². The van der Waals surface area contributed by atoms with Crippen molar-refractivity contribution in [1.82, 2.24) is 9.97 Å². The van der Waals surface area contributed by atoms with E-state index in [4.69, 9.17) is 9.47 Å². The molecule has 0 aliphatic carbocycles. The summed E-state index contributed by atoms with van der Waals surface area (Å²) in [5, 5.41) is 0. The van der Waals surface area contributed by atoms with Crippen LogP contribution in [0.25, 0.3) is 0 Å². The molecule has 2 rings (SSSR count). The number of hydrogen-bond acceptors (Lipinski definition) is 5. The van der Waals surface area contributed by atoms with Crippen molar-refractivity contribution in [3.63, 3.8) is 0 Å². The van der Waals surface area contributed by atoms with E-state index in [0.717, 1.165) is 11.1 Å². The first-order chi connectivity index (χ1) is 8.66. The molecule has 2 heterocycles. The number of hydrogen-bond donors (Lipinski definition) is 0. The third kappa shape index (κ3) is 2.82. The lowest BCUT2D eigenvalue weighted by molar-refractivity contribution is 0.147. The van der Waals surface area contributed by atoms with Gasteiger partial charge in [-0.1, -0.05) is 12.1 Å². The van der Waals surface area contributed by atoms with E-state index in [0.29, 0.717) is 0 Å². The van der Waals surface area contributed by atoms with Crippen LogP contribution in [0.4, 0.5) is 4.79 Å². The molecule has 92 valence electrons. The molecule has 2 aromatic rings. The van der Waals surface area contributed by atoms with Crippen LogP contribution in [-0.2, 0) is 0 Å². The number of aryl methyl sites for hydroxylation is 2. The minimum absolute atomic E-state index is 0.232. The highest BCUT2D eigenvalue weighted by Crippen LogP contribution is 2.16. The van der Waals surface area contributed by atoms with Gasteiger partial charge in [-0.2, -0.15) is 0 Å². The molecule has 0 saturated heterocycles. The topological polar surface area (TPSA) is 61.3 Å². The highest BCUT2D eigenvalue weighted by molar-refractivity contribution is 5.66. The summed E-state index contributed by atoms with van der Waals surface area (Å²) in [6, 6.07) is 7.11. The summed E-state index contributed by atoms with van der Waals surface area (Å²) in [5.41, 5.74) is 1.51. The first-order valence-corrected chi connectivity index (χ1v) is 5.39. The summed E-state index contributed by atoms with van der Waals surface area (Å²) in [5.74, 6) is 0.465. The van der Waals surface area contributed by atoms with Gasteiger partial charge in [-0.15, -0.1) is 0 Å². The second-order valence-corrected chi connectivity index (χ2v) is 3.71. The highest BCUT2D eigenvalue weighted by Gasteiger charge is 2.12. The fourth-order valence-corrected chi connectivity index (χ4v) is 1.33. The number of nitrogens with zero attached hydrogens (tertiary/aromatic N) is 2. The first-order valence-electron chi connectivity index (χ1n) is 5.39. The molecule has 0 atom stereocenters. The summed E-state index contributed by atoms with van der Waals surface area (Å²) < 4.78 is 9.98. The van der Waals surface area contributed by atoms with Crippen molar-refractivity contribution in [2.45, 2.75) is 13.8 Å². The second kappa shape index (κ2) is 5.27. The Hall–Kier alpha value is -2.43. The van der Waals surface area contributed by atoms with E-state index >= 15 is 0 Å². The molecule has 0 aromatic carbocycles. The van der Waals surface area contributed by atoms with Crippen LogP contribution in [0.15, 0.2) is 36.7 Å². The number of ether oxygens (including phenoxy) is 2. The normalized spacial score (nSPS) is 9.89. The summed E-state index contributed by atoms with van der Waals surface area (Å²) >= 11 is 0. The summed E-state index contributed by atoms with van der Waals surface area (Å²) in [4.78, 5) is 19.4. The smallest absolute Gasteiger partial charge is 0.375 e. The van der Waals surface area contributed by atoms with Crippen molar-refractivity contribution in [3.8, 4) is 11.8 Å². The molecule has 0 N–H and O–H groups in total. The van der Waals surface area contributed by atoms with E-state index in [1.165, 1.54) is 0 Å². The lowest BCUT2D eigenvalue weighted by atomic mass is 10.3. The maximum Gasteiger partial charge on any atom is 0.522 e. The number of rotatable bonds is 2. The quantitative estimate of drug-likeness (QED) is 0.760. The van der Waals surface area contributed by atoms with Gasteiger partial charge in [0.1, 0.15) is 0 Å². The molecule has 0 spiro atoms. The van der Waals surface area contributed by atoms with Gasteiger partial charge in [0.05, 0.1) is 0 Å². The fraction of sp³-hybridized carbons (Fsp3) is 0.154. The zero-order valence-corrected chi connectivity index (χ0v) is 10.1. The predicted octanol–water partition coefficient (Wildman–Crippen LogP) is 2.67. The van der Waals surface area contributed by atoms with Gasteiger partial charge < -0.3 is 9.47 Å². The Kier molecular flexibility index (Phi) is 3.52. The summed E-state index contributed by atoms with van der Waals surface area (Å²) in [7, 11) is 0. The van der Waals surface area contributed by atoms with Gasteiger partial charge in [-0.25, -0.2) is 14.8 Å². The van der Waals surface area contributed by atoms with Gasteiger partial charge >= 0.3 is 6.16 Å². The van der Waals surface area contributed by atoms with Crippen LogP contribution in [-0.4, -0.2) is 16.1 Å². The van der Waals surface area contributed by atoms with E-state index in [2.05, 4.69) is 9.97 Å². The van der Waals surface area contributed by atoms with Crippen LogP contribution >= 0.6 is 0 Å². The molecule has 0 radical (unpaired) electrons. The molecule has 2 aromatic heterocycles. The van der Waals surface area contributed by atoms with Crippen LogP contribution in [0, 0.1) is 13.8 Å². The predicted molar refractivity (Wildman–Crippen MR) is 64.6 cm³/mol. The van der Waals surface area contributed by atoms with Crippen LogP contribution in [0.1, 0.15) is 11.1 Å². The van der Waals surface area contributed by atoms with E-state index in [1.54, 1.807) is 50.5 Å². The van der Waals surface area contributed by atoms with Crippen LogP contribution in [0.3, 0.4) is 0 Å². The monoisotopic (exact) mass is 244 g/mol. The first kappa shape index (κ1) is 12.0. The number of carbonyl (C=O) groups is 1. The standard InChI is InChI=1S/C13H12N2O3/c1-9-5-3-7-14-11(9)17-13(16)18-12-10(2)6-4-8-15-12/h3-8H,1-2H3. The maximum absolute atomic E-state index is 11.6. The van der Waals surface area contributed by atoms with Crippen LogP contribution in [0.5, 0.6) is 11.8 Å². The fourth-order valence-electron chi connectivity index (χ4n) is 1.33. The SMILES string of the molecule is Cc1cccnc1OC(=O)Oc1ncccc1C. The van der Waals surface area contributed by atoms with Crippen molar-refractivity contribution in [1.29, 1.82) is 0 Å². The van der Waals surface area contributed by atoms with E-state index in [-0.39, 0.29) is 11.8 Å². The molecule has 0 saturated carbocycles. The van der Waals surface area contributed by atoms with Gasteiger partial charge in [0.25, 0.3) is 0 Å². The molecule has 18 heavy (non-hydrogen) atoms. The maximum atomic E-state index is 11.6. The van der Waals surface area contributed by atoms with Crippen molar-refractivity contribution in [2.75, 3.05) is 0 Å². The van der Waals surface area contributed by atoms with E-state index in [9.17, 15) is 4.79 Å². The largest absolute Gasteiger partial charge is 0.522 e. The zero-order chi connectivity index (χ0) is 13.0. The minimum atomic E-state index is -0.849. The van der Waals surface area contributed by atoms with Gasteiger partial charge in [0.15, 0.2) is 0 Å². The molecule has 5 nitrogen and oxygen atoms in total. The lowest BCUT2D eigenvalue weighted by Gasteiger charge is -2.07. The van der Waals surface area contributed by atoms with Crippen molar-refractivity contribution < 1.29 is 14.3 Å². The zero-order valence-electron chi connectivity index (χ0n) is 10.1. The highest BCUT2D eigenvalue weighted by atomic mass is 16.7. The minimum Gasteiger partial charge on any atom is -0.375 e. The number of carbonyl (C=O) groups excluding carboxylic acids is 1. The molecular weight excluding hydrogens is 232 g/mol. The third-order valence-corrected chi connectivity index (χ3v) is 2.28. The second-order valence-electron chi connectivity index (χ2n) is 3.71. The van der Waals surface area contributed by atoms with Gasteiger partial charge in [0, 0.05) is 23.5 Å². The Bertz CT molecular complexity index is 520. The van der Waals surface area contributed by atoms with Gasteiger partial charge in [-0.05, 0) is 26.0 Å². The molecule has 0 bridgehead atoms. The Morgan fingerprint density at radius 3 is 1.78 bits per heavy atom. The molecular formula is C13H12N2O3. The summed E-state index contributed by atoms with van der Waals surface area (Å²) in [6.45, 7) is 3.59. The third-order valence-electron chi connectivity index (χ3n) is 2.28. The van der Waals surface area contributed by atoms with Gasteiger partial charge in [-0.3, -0.25) is 0 Å². The average Bonchev–Trinajstić information content (AvgIpc) is 2.35. The Morgan fingerprint density at radius 1 is 0.944 bits per heavy atom. The molecule has 0 aliphatic heterocycles. The molecule has 5 heteroatoms. The number of aromatic nitrogens is 2. The Balaban J connectivity index is 2.06. The molecule has 0 amide bonds. The molecule has 0 unspecified atom stereocenters.